The molecule has 0 aliphatic carbocycles. The highest BCUT2D eigenvalue weighted by molar-refractivity contribution is 5.85. The number of para-hydroxylation sites is 1. The fraction of sp³-hybridized carbons (Fsp3) is 0.200. The Morgan fingerprint density at radius 2 is 2.19 bits per heavy atom. The Balaban J connectivity index is 0.00000128. The number of carboxylic acid groups (broad SMARTS) is 1. The molecule has 6 heteroatoms. The third-order valence-corrected chi connectivity index (χ3v) is 2.28. The number of hydrogen-bond acceptors (Lipinski definition) is 3. The van der Waals surface area contributed by atoms with E-state index in [0.717, 1.165) is 16.6 Å². The van der Waals surface area contributed by atoms with Gasteiger partial charge >= 0.3 is 5.97 Å². The first-order valence-corrected chi connectivity index (χ1v) is 4.59. The molecule has 1 heterocycles. The lowest BCUT2D eigenvalue weighted by atomic mass is 10.1. The molecule has 0 saturated carbocycles. The lowest BCUT2D eigenvalue weighted by Gasteiger charge is -2.03. The molecule has 0 unspecified atom stereocenters. The van der Waals surface area contributed by atoms with E-state index in [0.29, 0.717) is 0 Å². The maximum Gasteiger partial charge on any atom is 0.320 e. The van der Waals surface area contributed by atoms with Gasteiger partial charge in [-0.2, -0.15) is 5.10 Å². The van der Waals surface area contributed by atoms with Gasteiger partial charge < -0.3 is 10.8 Å². The Bertz CT molecular complexity index is 498. The van der Waals surface area contributed by atoms with Gasteiger partial charge in [-0.1, -0.05) is 18.2 Å². The molecule has 0 bridgehead atoms. The van der Waals surface area contributed by atoms with Crippen molar-refractivity contribution >= 4 is 29.3 Å². The van der Waals surface area contributed by atoms with Gasteiger partial charge in [-0.05, 0) is 6.07 Å². The molecule has 0 aliphatic rings. The molecule has 0 radical (unpaired) electrons. The molecule has 0 amide bonds. The SMILES string of the molecule is Cl.N[C@@H](Cc1[nH]nc2ccccc12)C(=O)O. The average molecular weight is 242 g/mol. The molecule has 2 rings (SSSR count). The van der Waals surface area contributed by atoms with Crippen LogP contribution in [0.15, 0.2) is 24.3 Å². The largest absolute Gasteiger partial charge is 0.480 e. The molecule has 4 N–H and O–H groups in total. The second-order valence-electron chi connectivity index (χ2n) is 3.37. The van der Waals surface area contributed by atoms with Crippen LogP contribution in [0.5, 0.6) is 0 Å². The maximum absolute atomic E-state index is 10.6. The summed E-state index contributed by atoms with van der Waals surface area (Å²) in [5.74, 6) is -1.01. The Morgan fingerprint density at radius 3 is 2.88 bits per heavy atom. The summed E-state index contributed by atoms with van der Waals surface area (Å²) >= 11 is 0. The molecule has 2 aromatic rings. The van der Waals surface area contributed by atoms with Gasteiger partial charge in [0.2, 0.25) is 0 Å². The van der Waals surface area contributed by atoms with E-state index in [2.05, 4.69) is 10.2 Å². The predicted molar refractivity (Wildman–Crippen MR) is 62.7 cm³/mol. The number of nitrogens with zero attached hydrogens (tertiary/aromatic N) is 1. The van der Waals surface area contributed by atoms with E-state index in [9.17, 15) is 4.79 Å². The molecule has 1 aromatic carbocycles. The summed E-state index contributed by atoms with van der Waals surface area (Å²) in [6.07, 6.45) is 0.260. The summed E-state index contributed by atoms with van der Waals surface area (Å²) in [6.45, 7) is 0. The number of halogens is 1. The number of fused-ring (bicyclic) bond motifs is 1. The third kappa shape index (κ3) is 2.32. The smallest absolute Gasteiger partial charge is 0.320 e. The van der Waals surface area contributed by atoms with Crippen LogP contribution in [0, 0.1) is 0 Å². The van der Waals surface area contributed by atoms with Crippen molar-refractivity contribution in [3.8, 4) is 0 Å². The summed E-state index contributed by atoms with van der Waals surface area (Å²) in [7, 11) is 0. The van der Waals surface area contributed by atoms with Crippen LogP contribution in [0.2, 0.25) is 0 Å². The first-order valence-electron chi connectivity index (χ1n) is 4.59. The van der Waals surface area contributed by atoms with Gasteiger partial charge in [0.15, 0.2) is 0 Å². The number of carbonyl (C=O) groups is 1. The van der Waals surface area contributed by atoms with Gasteiger partial charge in [0.25, 0.3) is 0 Å². The topological polar surface area (TPSA) is 92.0 Å². The number of aliphatic carboxylic acids is 1. The summed E-state index contributed by atoms with van der Waals surface area (Å²) in [5, 5.41) is 16.5. The van der Waals surface area contributed by atoms with E-state index in [1.54, 1.807) is 0 Å². The Hall–Kier alpha value is -1.59. The average Bonchev–Trinajstić information content (AvgIpc) is 2.62. The van der Waals surface area contributed by atoms with E-state index in [1.807, 2.05) is 24.3 Å². The number of hydrogen-bond donors (Lipinski definition) is 3. The molecule has 16 heavy (non-hydrogen) atoms. The molecule has 0 spiro atoms. The molecular weight excluding hydrogens is 230 g/mol. The second-order valence-corrected chi connectivity index (χ2v) is 3.37. The zero-order valence-corrected chi connectivity index (χ0v) is 9.20. The van der Waals surface area contributed by atoms with E-state index in [-0.39, 0.29) is 18.8 Å². The number of benzene rings is 1. The molecule has 1 aromatic heterocycles. The van der Waals surface area contributed by atoms with Crippen molar-refractivity contribution in [2.24, 2.45) is 5.73 Å². The van der Waals surface area contributed by atoms with Crippen molar-refractivity contribution < 1.29 is 9.90 Å². The number of nitrogens with two attached hydrogens (primary N) is 1. The van der Waals surface area contributed by atoms with Crippen molar-refractivity contribution in [3.63, 3.8) is 0 Å². The highest BCUT2D eigenvalue weighted by Crippen LogP contribution is 2.15. The van der Waals surface area contributed by atoms with Gasteiger partial charge in [0.05, 0.1) is 5.52 Å². The number of rotatable bonds is 3. The van der Waals surface area contributed by atoms with Crippen LogP contribution >= 0.6 is 12.4 Å². The lowest BCUT2D eigenvalue weighted by molar-refractivity contribution is -0.138. The lowest BCUT2D eigenvalue weighted by Crippen LogP contribution is -2.32. The summed E-state index contributed by atoms with van der Waals surface area (Å²) in [6, 6.07) is 6.62. The molecule has 0 fully saturated rings. The molecular formula is C10H12ClN3O2. The first kappa shape index (κ1) is 12.5. The number of carboxylic acids is 1. The maximum atomic E-state index is 10.6. The van der Waals surface area contributed by atoms with Gasteiger partial charge in [-0.3, -0.25) is 9.89 Å². The van der Waals surface area contributed by atoms with E-state index in [4.69, 9.17) is 10.8 Å². The zero-order valence-electron chi connectivity index (χ0n) is 8.38. The standard InChI is InChI=1S/C10H11N3O2.ClH/c11-7(10(14)15)5-9-6-3-1-2-4-8(6)12-13-9;/h1-4,7H,5,11H2,(H,12,13)(H,14,15);1H/t7-;/m0./s1. The minimum atomic E-state index is -1.01. The van der Waals surface area contributed by atoms with Crippen molar-refractivity contribution in [2.75, 3.05) is 0 Å². The Labute approximate surface area is 98.1 Å². The van der Waals surface area contributed by atoms with Crippen molar-refractivity contribution in [1.82, 2.24) is 10.2 Å². The zero-order chi connectivity index (χ0) is 10.8. The van der Waals surface area contributed by atoms with Crippen LogP contribution in [-0.4, -0.2) is 27.3 Å². The highest BCUT2D eigenvalue weighted by Gasteiger charge is 2.15. The summed E-state index contributed by atoms with van der Waals surface area (Å²) in [5.41, 5.74) is 7.04. The van der Waals surface area contributed by atoms with E-state index < -0.39 is 12.0 Å². The fourth-order valence-electron chi connectivity index (χ4n) is 1.48. The number of nitrogens with one attached hydrogen (secondary N) is 1. The van der Waals surface area contributed by atoms with E-state index in [1.165, 1.54) is 0 Å². The number of aromatic nitrogens is 2. The van der Waals surface area contributed by atoms with Gasteiger partial charge in [0, 0.05) is 17.5 Å². The van der Waals surface area contributed by atoms with Gasteiger partial charge in [-0.25, -0.2) is 0 Å². The first-order chi connectivity index (χ1) is 7.18. The Kier molecular flexibility index (Phi) is 3.87. The minimum absolute atomic E-state index is 0. The number of aromatic amines is 1. The van der Waals surface area contributed by atoms with Crippen LogP contribution < -0.4 is 5.73 Å². The van der Waals surface area contributed by atoms with Crippen LogP contribution in [-0.2, 0) is 11.2 Å². The Morgan fingerprint density at radius 1 is 1.50 bits per heavy atom. The second kappa shape index (κ2) is 4.96. The van der Waals surface area contributed by atoms with E-state index >= 15 is 0 Å². The fourth-order valence-corrected chi connectivity index (χ4v) is 1.48. The van der Waals surface area contributed by atoms with Crippen molar-refractivity contribution in [2.45, 2.75) is 12.5 Å². The minimum Gasteiger partial charge on any atom is -0.480 e. The quantitative estimate of drug-likeness (QED) is 0.746. The van der Waals surface area contributed by atoms with Crippen LogP contribution in [0.1, 0.15) is 5.69 Å². The molecule has 1 atom stereocenters. The van der Waals surface area contributed by atoms with Gasteiger partial charge in [-0.15, -0.1) is 12.4 Å². The summed E-state index contributed by atoms with van der Waals surface area (Å²) < 4.78 is 0. The normalized spacial score (nSPS) is 12.1. The molecule has 86 valence electrons. The van der Waals surface area contributed by atoms with Crippen LogP contribution in [0.4, 0.5) is 0 Å². The van der Waals surface area contributed by atoms with Crippen LogP contribution in [0.25, 0.3) is 10.9 Å². The highest BCUT2D eigenvalue weighted by atomic mass is 35.5. The molecule has 5 nitrogen and oxygen atoms in total. The van der Waals surface area contributed by atoms with Crippen molar-refractivity contribution in [1.29, 1.82) is 0 Å². The molecule has 0 saturated heterocycles. The summed E-state index contributed by atoms with van der Waals surface area (Å²) in [4.78, 5) is 10.6. The third-order valence-electron chi connectivity index (χ3n) is 2.28. The molecule has 0 aliphatic heterocycles. The predicted octanol–water partition coefficient (Wildman–Crippen LogP) is 0.939. The van der Waals surface area contributed by atoms with Crippen LogP contribution in [0.3, 0.4) is 0 Å². The number of H-pyrrole nitrogens is 1. The monoisotopic (exact) mass is 241 g/mol. The van der Waals surface area contributed by atoms with Gasteiger partial charge in [0.1, 0.15) is 6.04 Å². The van der Waals surface area contributed by atoms with Crippen molar-refractivity contribution in [3.05, 3.63) is 30.0 Å².